The molecule has 10 heteroatoms. The smallest absolute Gasteiger partial charge is 0.323 e. The predicted octanol–water partition coefficient (Wildman–Crippen LogP) is 5.43. The number of sulfone groups is 1. The number of urea groups is 1. The number of nitrogens with one attached hydrogen (secondary N) is 2. The number of nitrogens with zero attached hydrogens (tertiary/aromatic N) is 2. The Hall–Kier alpha value is -3.50. The van der Waals surface area contributed by atoms with Gasteiger partial charge in [0.2, 0.25) is 0 Å². The van der Waals surface area contributed by atoms with Gasteiger partial charge in [-0.15, -0.1) is 0 Å². The number of hydrogen-bond acceptors (Lipinski definition) is 6. The van der Waals surface area contributed by atoms with Gasteiger partial charge in [0.25, 0.3) is 0 Å². The van der Waals surface area contributed by atoms with Crippen molar-refractivity contribution < 1.29 is 17.9 Å². The second kappa shape index (κ2) is 11.1. The number of carbonyl (C=O) groups is 1. The maximum atomic E-state index is 12.8. The third-order valence-electron chi connectivity index (χ3n) is 6.39. The van der Waals surface area contributed by atoms with E-state index in [1.165, 1.54) is 18.2 Å². The van der Waals surface area contributed by atoms with E-state index in [2.05, 4.69) is 27.7 Å². The molecular formula is C28H27ClN4O4S. The van der Waals surface area contributed by atoms with Crippen LogP contribution in [0.2, 0.25) is 5.02 Å². The summed E-state index contributed by atoms with van der Waals surface area (Å²) in [6.07, 6.45) is 2.97. The molecule has 0 spiro atoms. The number of halogens is 1. The molecule has 38 heavy (non-hydrogen) atoms. The van der Waals surface area contributed by atoms with Crippen LogP contribution >= 0.6 is 11.6 Å². The molecule has 3 aromatic carbocycles. The van der Waals surface area contributed by atoms with Gasteiger partial charge in [-0.2, -0.15) is 0 Å². The van der Waals surface area contributed by atoms with E-state index in [1.54, 1.807) is 0 Å². The zero-order valence-corrected chi connectivity index (χ0v) is 22.3. The number of ether oxygens (including phenoxy) is 1. The minimum absolute atomic E-state index is 0.00956. The number of amides is 2. The normalized spacial score (nSPS) is 14.4. The van der Waals surface area contributed by atoms with Crippen molar-refractivity contribution in [2.45, 2.75) is 11.4 Å². The number of carbonyl (C=O) groups excluding carboxylic acids is 1. The summed E-state index contributed by atoms with van der Waals surface area (Å²) in [7, 11) is -3.46. The Labute approximate surface area is 226 Å². The number of hydrogen-bond donors (Lipinski definition) is 2. The van der Waals surface area contributed by atoms with Crippen molar-refractivity contribution >= 4 is 49.6 Å². The fourth-order valence-electron chi connectivity index (χ4n) is 4.49. The number of pyridine rings is 1. The molecule has 5 rings (SSSR count). The lowest BCUT2D eigenvalue weighted by atomic mass is 9.98. The summed E-state index contributed by atoms with van der Waals surface area (Å²) in [6, 6.07) is 19.6. The molecule has 1 aliphatic heterocycles. The molecule has 196 valence electrons. The van der Waals surface area contributed by atoms with Gasteiger partial charge in [0.1, 0.15) is 0 Å². The fraction of sp³-hybridized carbons (Fsp3) is 0.214. The van der Waals surface area contributed by atoms with Gasteiger partial charge in [0, 0.05) is 48.7 Å². The molecule has 0 unspecified atom stereocenters. The van der Waals surface area contributed by atoms with Gasteiger partial charge in [-0.05, 0) is 41.3 Å². The van der Waals surface area contributed by atoms with Gasteiger partial charge in [0.15, 0.2) is 9.84 Å². The highest BCUT2D eigenvalue weighted by molar-refractivity contribution is 7.90. The predicted molar refractivity (Wildman–Crippen MR) is 150 cm³/mol. The number of aromatic nitrogens is 1. The molecule has 1 saturated heterocycles. The topological polar surface area (TPSA) is 101 Å². The monoisotopic (exact) mass is 550 g/mol. The third-order valence-corrected chi connectivity index (χ3v) is 7.97. The lowest BCUT2D eigenvalue weighted by Crippen LogP contribution is -2.35. The summed E-state index contributed by atoms with van der Waals surface area (Å²) in [5.74, 6) is 0. The first-order chi connectivity index (χ1) is 18.3. The standard InChI is InChI=1S/C28H27ClN4O4S/c1-38(35,36)27-11-8-20(16-25(27)29)31-28(34)32-26-10-9-22(23-4-2-3-5-24(23)26)19-6-7-21(30-17-19)18-33-12-14-37-15-13-33/h2-11,16-17H,12-15,18H2,1H3,(H2,31,32,34). The first-order valence-corrected chi connectivity index (χ1v) is 14.4. The maximum Gasteiger partial charge on any atom is 0.323 e. The first kappa shape index (κ1) is 26.1. The SMILES string of the molecule is CS(=O)(=O)c1ccc(NC(=O)Nc2ccc(-c3ccc(CN4CCOCC4)nc3)c3ccccc23)cc1Cl. The third kappa shape index (κ3) is 5.97. The van der Waals surface area contributed by atoms with E-state index in [0.29, 0.717) is 11.4 Å². The molecule has 0 atom stereocenters. The van der Waals surface area contributed by atoms with Crippen LogP contribution in [0.1, 0.15) is 5.69 Å². The molecule has 2 heterocycles. The Morgan fingerprint density at radius 1 is 1.00 bits per heavy atom. The average molecular weight is 551 g/mol. The van der Waals surface area contributed by atoms with E-state index in [1.807, 2.05) is 42.6 Å². The summed E-state index contributed by atoms with van der Waals surface area (Å²) < 4.78 is 29.0. The highest BCUT2D eigenvalue weighted by Gasteiger charge is 2.15. The van der Waals surface area contributed by atoms with Gasteiger partial charge < -0.3 is 15.4 Å². The van der Waals surface area contributed by atoms with Crippen LogP contribution in [0.4, 0.5) is 16.2 Å². The zero-order valence-electron chi connectivity index (χ0n) is 20.8. The van der Waals surface area contributed by atoms with Gasteiger partial charge in [-0.3, -0.25) is 9.88 Å². The van der Waals surface area contributed by atoms with E-state index in [-0.39, 0.29) is 9.92 Å². The minimum Gasteiger partial charge on any atom is -0.379 e. The molecule has 1 aromatic heterocycles. The molecule has 0 saturated carbocycles. The Balaban J connectivity index is 1.34. The second-order valence-electron chi connectivity index (χ2n) is 9.13. The Morgan fingerprint density at radius 3 is 2.45 bits per heavy atom. The van der Waals surface area contributed by atoms with Crippen LogP contribution in [-0.4, -0.2) is 56.9 Å². The first-order valence-electron chi connectivity index (χ1n) is 12.1. The van der Waals surface area contributed by atoms with Crippen molar-refractivity contribution in [3.05, 3.63) is 83.6 Å². The molecular weight excluding hydrogens is 524 g/mol. The summed E-state index contributed by atoms with van der Waals surface area (Å²) in [4.78, 5) is 19.8. The summed E-state index contributed by atoms with van der Waals surface area (Å²) in [6.45, 7) is 4.13. The number of anilines is 2. The second-order valence-corrected chi connectivity index (χ2v) is 11.5. The number of fused-ring (bicyclic) bond motifs is 1. The molecule has 1 fully saturated rings. The van der Waals surface area contributed by atoms with E-state index >= 15 is 0 Å². The highest BCUT2D eigenvalue weighted by Crippen LogP contribution is 2.33. The summed E-state index contributed by atoms with van der Waals surface area (Å²) in [5.41, 5.74) is 4.03. The van der Waals surface area contributed by atoms with Crippen LogP contribution in [0.25, 0.3) is 21.9 Å². The van der Waals surface area contributed by atoms with E-state index in [9.17, 15) is 13.2 Å². The summed E-state index contributed by atoms with van der Waals surface area (Å²) >= 11 is 6.11. The van der Waals surface area contributed by atoms with Crippen molar-refractivity contribution in [3.8, 4) is 11.1 Å². The Bertz CT molecular complexity index is 1590. The molecule has 8 nitrogen and oxygen atoms in total. The van der Waals surface area contributed by atoms with E-state index < -0.39 is 15.9 Å². The number of benzene rings is 3. The van der Waals surface area contributed by atoms with Gasteiger partial charge in [-0.25, -0.2) is 13.2 Å². The van der Waals surface area contributed by atoms with E-state index in [0.717, 1.165) is 66.7 Å². The van der Waals surface area contributed by atoms with Crippen LogP contribution < -0.4 is 10.6 Å². The van der Waals surface area contributed by atoms with Gasteiger partial charge in [-0.1, -0.05) is 48.0 Å². The number of rotatable bonds is 6. The summed E-state index contributed by atoms with van der Waals surface area (Å²) in [5, 5.41) is 7.50. The van der Waals surface area contributed by atoms with Crippen LogP contribution in [0, 0.1) is 0 Å². The molecule has 0 bridgehead atoms. The molecule has 2 N–H and O–H groups in total. The fourth-order valence-corrected chi connectivity index (χ4v) is 5.82. The quantitative estimate of drug-likeness (QED) is 0.332. The molecule has 0 radical (unpaired) electrons. The van der Waals surface area contributed by atoms with Crippen LogP contribution in [-0.2, 0) is 21.1 Å². The van der Waals surface area contributed by atoms with Crippen molar-refractivity contribution in [1.82, 2.24) is 9.88 Å². The van der Waals surface area contributed by atoms with Crippen LogP contribution in [0.3, 0.4) is 0 Å². The average Bonchev–Trinajstić information content (AvgIpc) is 2.89. The lowest BCUT2D eigenvalue weighted by molar-refractivity contribution is 0.0336. The van der Waals surface area contributed by atoms with Crippen molar-refractivity contribution in [2.75, 3.05) is 43.2 Å². The Morgan fingerprint density at radius 2 is 1.76 bits per heavy atom. The van der Waals surface area contributed by atoms with E-state index in [4.69, 9.17) is 21.3 Å². The van der Waals surface area contributed by atoms with Crippen molar-refractivity contribution in [1.29, 1.82) is 0 Å². The molecule has 0 aliphatic carbocycles. The molecule has 4 aromatic rings. The molecule has 1 aliphatic rings. The maximum absolute atomic E-state index is 12.8. The molecule has 2 amide bonds. The van der Waals surface area contributed by atoms with Crippen LogP contribution in [0.5, 0.6) is 0 Å². The number of morpholine rings is 1. The van der Waals surface area contributed by atoms with Crippen molar-refractivity contribution in [2.24, 2.45) is 0 Å². The van der Waals surface area contributed by atoms with Crippen molar-refractivity contribution in [3.63, 3.8) is 0 Å². The zero-order chi connectivity index (χ0) is 26.7. The lowest BCUT2D eigenvalue weighted by Gasteiger charge is -2.26. The van der Waals surface area contributed by atoms with Gasteiger partial charge >= 0.3 is 6.03 Å². The van der Waals surface area contributed by atoms with Gasteiger partial charge in [0.05, 0.1) is 34.5 Å². The van der Waals surface area contributed by atoms with Crippen LogP contribution in [0.15, 0.2) is 77.8 Å². The minimum atomic E-state index is -3.46. The highest BCUT2D eigenvalue weighted by atomic mass is 35.5. The largest absolute Gasteiger partial charge is 0.379 e. The Kier molecular flexibility index (Phi) is 7.62.